The van der Waals surface area contributed by atoms with Crippen LogP contribution in [0.5, 0.6) is 0 Å². The normalized spacial score (nSPS) is 15.2. The summed E-state index contributed by atoms with van der Waals surface area (Å²) >= 11 is 0. The number of nitrogens with one attached hydrogen (secondary N) is 1. The SMILES string of the molecule is CCCNC(CC)(CO)CCCOCC(F)F. The van der Waals surface area contributed by atoms with E-state index < -0.39 is 13.0 Å². The van der Waals surface area contributed by atoms with Crippen molar-refractivity contribution in [1.82, 2.24) is 5.32 Å². The van der Waals surface area contributed by atoms with E-state index in [1.165, 1.54) is 0 Å². The van der Waals surface area contributed by atoms with E-state index in [-0.39, 0.29) is 12.1 Å². The fourth-order valence-electron chi connectivity index (χ4n) is 1.71. The lowest BCUT2D eigenvalue weighted by Crippen LogP contribution is -2.48. The summed E-state index contributed by atoms with van der Waals surface area (Å²) in [7, 11) is 0. The van der Waals surface area contributed by atoms with E-state index in [0.717, 1.165) is 25.8 Å². The quantitative estimate of drug-likeness (QED) is 0.555. The third-order valence-corrected chi connectivity index (χ3v) is 2.92. The molecule has 0 aromatic carbocycles. The number of hydrogen-bond acceptors (Lipinski definition) is 3. The molecule has 1 unspecified atom stereocenters. The zero-order chi connectivity index (χ0) is 13.1. The Morgan fingerprint density at radius 2 is 2.06 bits per heavy atom. The minimum absolute atomic E-state index is 0.0678. The molecule has 0 saturated heterocycles. The van der Waals surface area contributed by atoms with Crippen molar-refractivity contribution in [2.45, 2.75) is 51.5 Å². The van der Waals surface area contributed by atoms with Crippen molar-refractivity contribution in [3.05, 3.63) is 0 Å². The smallest absolute Gasteiger partial charge is 0.261 e. The second-order valence-electron chi connectivity index (χ2n) is 4.29. The van der Waals surface area contributed by atoms with Gasteiger partial charge in [0.25, 0.3) is 6.43 Å². The lowest BCUT2D eigenvalue weighted by molar-refractivity contribution is 0.0129. The Kier molecular flexibility index (Phi) is 9.59. The van der Waals surface area contributed by atoms with Crippen molar-refractivity contribution >= 4 is 0 Å². The molecule has 0 heterocycles. The Morgan fingerprint density at radius 3 is 2.53 bits per heavy atom. The van der Waals surface area contributed by atoms with E-state index in [4.69, 9.17) is 4.74 Å². The fourth-order valence-corrected chi connectivity index (χ4v) is 1.71. The van der Waals surface area contributed by atoms with Gasteiger partial charge in [-0.2, -0.15) is 0 Å². The maximum Gasteiger partial charge on any atom is 0.261 e. The van der Waals surface area contributed by atoms with Crippen molar-refractivity contribution in [2.75, 3.05) is 26.4 Å². The van der Waals surface area contributed by atoms with Crippen LogP contribution in [0.25, 0.3) is 0 Å². The average molecular weight is 253 g/mol. The van der Waals surface area contributed by atoms with Gasteiger partial charge in [-0.15, -0.1) is 0 Å². The largest absolute Gasteiger partial charge is 0.394 e. The third kappa shape index (κ3) is 7.63. The maximum atomic E-state index is 11.8. The lowest BCUT2D eigenvalue weighted by Gasteiger charge is -2.32. The number of hydrogen-bond donors (Lipinski definition) is 2. The monoisotopic (exact) mass is 253 g/mol. The van der Waals surface area contributed by atoms with E-state index >= 15 is 0 Å². The highest BCUT2D eigenvalue weighted by Gasteiger charge is 2.25. The molecule has 0 saturated carbocycles. The number of alkyl halides is 2. The molecule has 0 aliphatic heterocycles. The van der Waals surface area contributed by atoms with Crippen LogP contribution in [-0.2, 0) is 4.74 Å². The number of aliphatic hydroxyl groups is 1. The lowest BCUT2D eigenvalue weighted by atomic mass is 9.91. The molecule has 0 aliphatic carbocycles. The van der Waals surface area contributed by atoms with Gasteiger partial charge in [0, 0.05) is 12.1 Å². The maximum absolute atomic E-state index is 11.8. The summed E-state index contributed by atoms with van der Waals surface area (Å²) in [5.74, 6) is 0. The minimum atomic E-state index is -2.40. The predicted octanol–water partition coefficient (Wildman–Crippen LogP) is 2.19. The summed E-state index contributed by atoms with van der Waals surface area (Å²) in [5.41, 5.74) is -0.287. The van der Waals surface area contributed by atoms with Gasteiger partial charge < -0.3 is 15.2 Å². The zero-order valence-corrected chi connectivity index (χ0v) is 10.8. The Labute approximate surface area is 103 Å². The molecule has 17 heavy (non-hydrogen) atoms. The highest BCUT2D eigenvalue weighted by Crippen LogP contribution is 2.17. The van der Waals surface area contributed by atoms with Crippen molar-refractivity contribution in [3.8, 4) is 0 Å². The van der Waals surface area contributed by atoms with Gasteiger partial charge in [0.1, 0.15) is 6.61 Å². The number of aliphatic hydroxyl groups excluding tert-OH is 1. The van der Waals surface area contributed by atoms with E-state index in [1.807, 2.05) is 6.92 Å². The molecule has 0 amide bonds. The Balaban J connectivity index is 3.83. The van der Waals surface area contributed by atoms with Gasteiger partial charge in [-0.3, -0.25) is 0 Å². The van der Waals surface area contributed by atoms with Crippen LogP contribution in [-0.4, -0.2) is 43.4 Å². The fraction of sp³-hybridized carbons (Fsp3) is 1.00. The van der Waals surface area contributed by atoms with Crippen LogP contribution in [0, 0.1) is 0 Å². The highest BCUT2D eigenvalue weighted by atomic mass is 19.3. The van der Waals surface area contributed by atoms with Crippen LogP contribution < -0.4 is 5.32 Å². The van der Waals surface area contributed by atoms with Crippen LogP contribution in [0.1, 0.15) is 39.5 Å². The molecule has 2 N–H and O–H groups in total. The molecule has 0 fully saturated rings. The molecule has 0 aromatic rings. The van der Waals surface area contributed by atoms with E-state index in [1.54, 1.807) is 0 Å². The predicted molar refractivity (Wildman–Crippen MR) is 64.5 cm³/mol. The van der Waals surface area contributed by atoms with Gasteiger partial charge in [-0.1, -0.05) is 13.8 Å². The van der Waals surface area contributed by atoms with Gasteiger partial charge in [-0.05, 0) is 32.2 Å². The number of halogens is 2. The molecule has 0 bridgehead atoms. The molecular formula is C12H25F2NO2. The molecular weight excluding hydrogens is 228 g/mol. The first-order valence-corrected chi connectivity index (χ1v) is 6.32. The van der Waals surface area contributed by atoms with Crippen LogP contribution in [0.2, 0.25) is 0 Å². The third-order valence-electron chi connectivity index (χ3n) is 2.92. The van der Waals surface area contributed by atoms with Gasteiger partial charge in [0.2, 0.25) is 0 Å². The molecule has 1 atom stereocenters. The Hall–Kier alpha value is -0.260. The van der Waals surface area contributed by atoms with Crippen LogP contribution >= 0.6 is 0 Å². The number of rotatable bonds is 11. The number of ether oxygens (including phenoxy) is 1. The Morgan fingerprint density at radius 1 is 1.35 bits per heavy atom. The summed E-state index contributed by atoms with van der Waals surface area (Å²) in [6, 6.07) is 0. The van der Waals surface area contributed by atoms with Crippen LogP contribution in [0.4, 0.5) is 8.78 Å². The first-order chi connectivity index (χ1) is 8.10. The molecule has 3 nitrogen and oxygen atoms in total. The molecule has 0 radical (unpaired) electrons. The second kappa shape index (κ2) is 9.74. The topological polar surface area (TPSA) is 41.5 Å². The van der Waals surface area contributed by atoms with Gasteiger partial charge in [-0.25, -0.2) is 8.78 Å². The van der Waals surface area contributed by atoms with Crippen molar-refractivity contribution in [1.29, 1.82) is 0 Å². The Bertz CT molecular complexity index is 176. The van der Waals surface area contributed by atoms with E-state index in [9.17, 15) is 13.9 Å². The molecule has 104 valence electrons. The molecule has 0 rings (SSSR count). The highest BCUT2D eigenvalue weighted by molar-refractivity contribution is 4.85. The summed E-state index contributed by atoms with van der Waals surface area (Å²) in [6.45, 7) is 4.82. The molecule has 5 heteroatoms. The van der Waals surface area contributed by atoms with Crippen LogP contribution in [0.15, 0.2) is 0 Å². The second-order valence-corrected chi connectivity index (χ2v) is 4.29. The minimum Gasteiger partial charge on any atom is -0.394 e. The van der Waals surface area contributed by atoms with Crippen molar-refractivity contribution < 1.29 is 18.6 Å². The van der Waals surface area contributed by atoms with Gasteiger partial charge in [0.15, 0.2) is 0 Å². The van der Waals surface area contributed by atoms with E-state index in [2.05, 4.69) is 12.2 Å². The van der Waals surface area contributed by atoms with E-state index in [0.29, 0.717) is 13.0 Å². The van der Waals surface area contributed by atoms with Gasteiger partial charge in [0.05, 0.1) is 6.61 Å². The van der Waals surface area contributed by atoms with Gasteiger partial charge >= 0.3 is 0 Å². The van der Waals surface area contributed by atoms with Crippen molar-refractivity contribution in [3.63, 3.8) is 0 Å². The molecule has 0 spiro atoms. The summed E-state index contributed by atoms with van der Waals surface area (Å²) < 4.78 is 28.5. The zero-order valence-electron chi connectivity index (χ0n) is 10.8. The molecule has 0 aromatic heterocycles. The first kappa shape index (κ1) is 16.7. The summed E-state index contributed by atoms with van der Waals surface area (Å²) in [5, 5.41) is 12.8. The average Bonchev–Trinajstić information content (AvgIpc) is 2.33. The summed E-state index contributed by atoms with van der Waals surface area (Å²) in [4.78, 5) is 0. The summed E-state index contributed by atoms with van der Waals surface area (Å²) in [6.07, 6.45) is 0.838. The van der Waals surface area contributed by atoms with Crippen LogP contribution in [0.3, 0.4) is 0 Å². The standard InChI is InChI=1S/C12H25F2NO2/c1-3-7-15-12(4-2,10-16)6-5-8-17-9-11(13)14/h11,15-16H,3-10H2,1-2H3. The first-order valence-electron chi connectivity index (χ1n) is 6.32. The van der Waals surface area contributed by atoms with Crippen molar-refractivity contribution in [2.24, 2.45) is 0 Å². The molecule has 0 aliphatic rings.